The molecule has 0 spiro atoms. The number of hydrogen-bond acceptors (Lipinski definition) is 3. The first kappa shape index (κ1) is 14.8. The number of rotatable bonds is 2. The van der Waals surface area contributed by atoms with E-state index in [-0.39, 0.29) is 18.0 Å². The Balaban J connectivity index is 2.33. The number of hydrogen-bond donors (Lipinski definition) is 1. The Hall–Kier alpha value is -1.65. The summed E-state index contributed by atoms with van der Waals surface area (Å²) in [5, 5.41) is -0.510. The summed E-state index contributed by atoms with van der Waals surface area (Å²) in [7, 11) is 0. The molecule has 0 bridgehead atoms. The van der Waals surface area contributed by atoms with Crippen LogP contribution in [0.1, 0.15) is 12.0 Å². The molecule has 7 heteroatoms. The molecule has 1 aliphatic rings. The molecule has 0 aromatic heterocycles. The van der Waals surface area contributed by atoms with Crippen molar-refractivity contribution >= 4 is 23.4 Å². The zero-order valence-corrected chi connectivity index (χ0v) is 11.0. The number of thioether (sulfide) groups is 1. The third-order valence-electron chi connectivity index (χ3n) is 2.83. The largest absolute Gasteiger partial charge is 0.416 e. The van der Waals surface area contributed by atoms with Gasteiger partial charge in [-0.05, 0) is 18.2 Å². The second kappa shape index (κ2) is 5.38. The Labute approximate surface area is 118 Å². The maximum Gasteiger partial charge on any atom is 0.416 e. The van der Waals surface area contributed by atoms with Crippen LogP contribution in [0.15, 0.2) is 24.3 Å². The third kappa shape index (κ3) is 2.76. The van der Waals surface area contributed by atoms with E-state index in [4.69, 9.17) is 12.2 Å². The van der Waals surface area contributed by atoms with Crippen molar-refractivity contribution in [3.05, 3.63) is 29.8 Å². The second-order valence-electron chi connectivity index (χ2n) is 4.18. The number of anilines is 1. The van der Waals surface area contributed by atoms with E-state index in [0.717, 1.165) is 28.8 Å². The number of nitrogens with two attached hydrogens (primary N) is 1. The molecule has 2 unspecified atom stereocenters. The van der Waals surface area contributed by atoms with Crippen LogP contribution < -0.4 is 10.6 Å². The van der Waals surface area contributed by atoms with Crippen molar-refractivity contribution in [1.29, 1.82) is 0 Å². The van der Waals surface area contributed by atoms with Gasteiger partial charge in [0.2, 0.25) is 5.91 Å². The van der Waals surface area contributed by atoms with E-state index in [9.17, 15) is 18.0 Å². The molecule has 0 aliphatic carbocycles. The second-order valence-corrected chi connectivity index (χ2v) is 5.50. The summed E-state index contributed by atoms with van der Waals surface area (Å²) in [5.41, 5.74) is 4.38. The van der Waals surface area contributed by atoms with Crippen molar-refractivity contribution in [2.45, 2.75) is 23.3 Å². The van der Waals surface area contributed by atoms with Crippen molar-refractivity contribution in [2.75, 3.05) is 4.90 Å². The Kier molecular flexibility index (Phi) is 3.97. The lowest BCUT2D eigenvalue weighted by atomic mass is 10.1. The Morgan fingerprint density at radius 2 is 2.15 bits per heavy atom. The van der Waals surface area contributed by atoms with Crippen LogP contribution in [-0.4, -0.2) is 16.7 Å². The summed E-state index contributed by atoms with van der Waals surface area (Å²) in [4.78, 5) is 13.3. The fourth-order valence-corrected chi connectivity index (χ4v) is 3.02. The highest BCUT2D eigenvalue weighted by atomic mass is 32.2. The predicted octanol–water partition coefficient (Wildman–Crippen LogP) is 2.42. The molecular formula is C13H11F3N2OS. The first-order chi connectivity index (χ1) is 9.34. The molecule has 20 heavy (non-hydrogen) atoms. The summed E-state index contributed by atoms with van der Waals surface area (Å²) in [6, 6.07) is 4.53. The lowest BCUT2D eigenvalue weighted by Gasteiger charge is -2.21. The van der Waals surface area contributed by atoms with Crippen LogP contribution >= 0.6 is 11.8 Å². The van der Waals surface area contributed by atoms with Gasteiger partial charge in [0, 0.05) is 12.1 Å². The van der Waals surface area contributed by atoms with Gasteiger partial charge in [-0.15, -0.1) is 24.1 Å². The van der Waals surface area contributed by atoms with E-state index in [1.807, 2.05) is 0 Å². The fourth-order valence-electron chi connectivity index (χ4n) is 1.92. The van der Waals surface area contributed by atoms with Gasteiger partial charge >= 0.3 is 6.18 Å². The van der Waals surface area contributed by atoms with Gasteiger partial charge in [-0.25, -0.2) is 0 Å². The molecule has 1 saturated heterocycles. The smallest absolute Gasteiger partial charge is 0.302 e. The average molecular weight is 300 g/mol. The molecule has 3 nitrogen and oxygen atoms in total. The number of nitrogens with zero attached hydrogens (tertiary/aromatic N) is 1. The minimum atomic E-state index is -4.46. The van der Waals surface area contributed by atoms with Gasteiger partial charge in [0.05, 0.1) is 10.8 Å². The lowest BCUT2D eigenvalue weighted by Crippen LogP contribution is -2.39. The molecule has 2 rings (SSSR count). The molecular weight excluding hydrogens is 289 g/mol. The molecule has 1 aromatic rings. The van der Waals surface area contributed by atoms with Crippen molar-refractivity contribution in [1.82, 2.24) is 0 Å². The van der Waals surface area contributed by atoms with Crippen molar-refractivity contribution in [2.24, 2.45) is 5.73 Å². The Morgan fingerprint density at radius 1 is 1.45 bits per heavy atom. The summed E-state index contributed by atoms with van der Waals surface area (Å²) in [6.07, 6.45) is 0.895. The van der Waals surface area contributed by atoms with Crippen LogP contribution in [0.2, 0.25) is 0 Å². The van der Waals surface area contributed by atoms with Crippen LogP contribution in [0.5, 0.6) is 0 Å². The summed E-state index contributed by atoms with van der Waals surface area (Å²) < 4.78 is 38.0. The minimum Gasteiger partial charge on any atom is -0.302 e. The van der Waals surface area contributed by atoms with E-state index >= 15 is 0 Å². The van der Waals surface area contributed by atoms with Crippen molar-refractivity contribution in [3.63, 3.8) is 0 Å². The van der Waals surface area contributed by atoms with Crippen LogP contribution in [0.4, 0.5) is 18.9 Å². The standard InChI is InChI=1S/C13H11F3N2OS/c1-2-4-10-11(19)18(12(17)20-10)9-6-3-5-8(7-9)13(14,15)16/h1,3,5-7,10,12H,4,17H2. The maximum atomic E-state index is 12.7. The number of amides is 1. The first-order valence-corrected chi connectivity index (χ1v) is 6.63. The van der Waals surface area contributed by atoms with Gasteiger partial charge < -0.3 is 5.73 Å². The molecule has 2 N–H and O–H groups in total. The highest BCUT2D eigenvalue weighted by Crippen LogP contribution is 2.37. The molecule has 1 heterocycles. The van der Waals surface area contributed by atoms with Gasteiger partial charge in [-0.2, -0.15) is 13.2 Å². The van der Waals surface area contributed by atoms with Crippen molar-refractivity contribution < 1.29 is 18.0 Å². The molecule has 0 saturated carbocycles. The van der Waals surface area contributed by atoms with E-state index in [0.29, 0.717) is 0 Å². The number of carbonyl (C=O) groups excluding carboxylic acids is 1. The predicted molar refractivity (Wildman–Crippen MR) is 71.7 cm³/mol. The maximum absolute atomic E-state index is 12.7. The summed E-state index contributed by atoms with van der Waals surface area (Å²) >= 11 is 1.14. The number of benzene rings is 1. The van der Waals surface area contributed by atoms with Gasteiger partial charge in [0.1, 0.15) is 5.50 Å². The van der Waals surface area contributed by atoms with E-state index in [1.54, 1.807) is 0 Å². The van der Waals surface area contributed by atoms with E-state index < -0.39 is 22.5 Å². The SMILES string of the molecule is C#CCC1SC(N)N(c2cccc(C(F)(F)F)c2)C1=O. The van der Waals surface area contributed by atoms with Crippen molar-refractivity contribution in [3.8, 4) is 12.3 Å². The quantitative estimate of drug-likeness (QED) is 0.853. The lowest BCUT2D eigenvalue weighted by molar-refractivity contribution is -0.137. The molecule has 106 valence electrons. The van der Waals surface area contributed by atoms with Crippen LogP contribution in [0.3, 0.4) is 0 Å². The van der Waals surface area contributed by atoms with Gasteiger partial charge in [0.15, 0.2) is 0 Å². The summed E-state index contributed by atoms with van der Waals surface area (Å²) in [6.45, 7) is 0. The van der Waals surface area contributed by atoms with Crippen LogP contribution in [0.25, 0.3) is 0 Å². The van der Waals surface area contributed by atoms with E-state index in [2.05, 4.69) is 5.92 Å². The Bertz CT molecular complexity index is 567. The zero-order valence-electron chi connectivity index (χ0n) is 10.2. The van der Waals surface area contributed by atoms with Gasteiger partial charge in [0.25, 0.3) is 0 Å². The van der Waals surface area contributed by atoms with Gasteiger partial charge in [-0.1, -0.05) is 6.07 Å². The number of alkyl halides is 3. The highest BCUT2D eigenvalue weighted by Gasteiger charge is 2.39. The number of halogens is 3. The molecule has 0 radical (unpaired) electrons. The summed E-state index contributed by atoms with van der Waals surface area (Å²) in [5.74, 6) is 2.00. The van der Waals surface area contributed by atoms with Crippen LogP contribution in [-0.2, 0) is 11.0 Å². The number of terminal acetylenes is 1. The zero-order chi connectivity index (χ0) is 14.9. The molecule has 1 amide bonds. The number of carbonyl (C=O) groups is 1. The Morgan fingerprint density at radius 3 is 2.75 bits per heavy atom. The topological polar surface area (TPSA) is 46.3 Å². The molecule has 1 fully saturated rings. The van der Waals surface area contributed by atoms with Crippen LogP contribution in [0, 0.1) is 12.3 Å². The molecule has 1 aliphatic heterocycles. The molecule has 2 atom stereocenters. The molecule has 1 aromatic carbocycles. The van der Waals surface area contributed by atoms with Gasteiger partial charge in [-0.3, -0.25) is 9.69 Å². The first-order valence-electron chi connectivity index (χ1n) is 5.69. The van der Waals surface area contributed by atoms with E-state index in [1.165, 1.54) is 12.1 Å². The monoisotopic (exact) mass is 300 g/mol. The highest BCUT2D eigenvalue weighted by molar-refractivity contribution is 8.01. The minimum absolute atomic E-state index is 0.129. The fraction of sp³-hybridized carbons (Fsp3) is 0.308. The normalized spacial score (nSPS) is 22.9. The average Bonchev–Trinajstić information content (AvgIpc) is 2.64. The third-order valence-corrected chi connectivity index (χ3v) is 4.01.